The summed E-state index contributed by atoms with van der Waals surface area (Å²) in [4.78, 5) is 10.3. The van der Waals surface area contributed by atoms with E-state index in [1.165, 1.54) is 12.1 Å². The molecule has 1 rings (SSSR count). The number of nitrogens with one attached hydrogen (secondary N) is 1. The van der Waals surface area contributed by atoms with Gasteiger partial charge in [-0.2, -0.15) is 0 Å². The SMILES string of the molecule is NC(=O)NCCc1ccc(F)cc1. The average molecular weight is 182 g/mol. The quantitative estimate of drug-likeness (QED) is 0.720. The van der Waals surface area contributed by atoms with Gasteiger partial charge in [-0.3, -0.25) is 0 Å². The zero-order valence-electron chi connectivity index (χ0n) is 7.09. The zero-order chi connectivity index (χ0) is 9.68. The molecule has 0 fully saturated rings. The summed E-state index contributed by atoms with van der Waals surface area (Å²) >= 11 is 0. The van der Waals surface area contributed by atoms with E-state index in [4.69, 9.17) is 5.73 Å². The van der Waals surface area contributed by atoms with Crippen LogP contribution >= 0.6 is 0 Å². The molecular formula is C9H11FN2O. The highest BCUT2D eigenvalue weighted by atomic mass is 19.1. The number of amides is 2. The number of urea groups is 1. The third-order valence-corrected chi connectivity index (χ3v) is 1.63. The molecule has 0 atom stereocenters. The molecular weight excluding hydrogens is 171 g/mol. The van der Waals surface area contributed by atoms with Crippen LogP contribution in [0.1, 0.15) is 5.56 Å². The molecule has 0 saturated heterocycles. The van der Waals surface area contributed by atoms with Crippen molar-refractivity contribution in [2.75, 3.05) is 6.54 Å². The van der Waals surface area contributed by atoms with Gasteiger partial charge in [0, 0.05) is 6.54 Å². The van der Waals surface area contributed by atoms with Crippen molar-refractivity contribution in [2.24, 2.45) is 5.73 Å². The van der Waals surface area contributed by atoms with Gasteiger partial charge in [0.05, 0.1) is 0 Å². The van der Waals surface area contributed by atoms with Crippen molar-refractivity contribution < 1.29 is 9.18 Å². The molecule has 3 N–H and O–H groups in total. The van der Waals surface area contributed by atoms with Crippen LogP contribution in [-0.2, 0) is 6.42 Å². The van der Waals surface area contributed by atoms with E-state index < -0.39 is 6.03 Å². The molecule has 0 aliphatic rings. The van der Waals surface area contributed by atoms with Gasteiger partial charge in [0.1, 0.15) is 5.82 Å². The van der Waals surface area contributed by atoms with Crippen molar-refractivity contribution in [3.8, 4) is 0 Å². The molecule has 0 aliphatic carbocycles. The average Bonchev–Trinajstić information content (AvgIpc) is 2.08. The van der Waals surface area contributed by atoms with Gasteiger partial charge in [-0.15, -0.1) is 0 Å². The Hall–Kier alpha value is -1.58. The van der Waals surface area contributed by atoms with Gasteiger partial charge in [0.15, 0.2) is 0 Å². The van der Waals surface area contributed by atoms with Gasteiger partial charge in [-0.25, -0.2) is 9.18 Å². The second-order valence-electron chi connectivity index (χ2n) is 2.67. The van der Waals surface area contributed by atoms with Crippen LogP contribution in [0.3, 0.4) is 0 Å². The summed E-state index contributed by atoms with van der Waals surface area (Å²) in [5.74, 6) is -0.258. The van der Waals surface area contributed by atoms with E-state index in [0.29, 0.717) is 13.0 Å². The number of rotatable bonds is 3. The van der Waals surface area contributed by atoms with Gasteiger partial charge in [-0.1, -0.05) is 12.1 Å². The maximum atomic E-state index is 12.4. The van der Waals surface area contributed by atoms with Gasteiger partial charge in [0.2, 0.25) is 0 Å². The maximum Gasteiger partial charge on any atom is 0.312 e. The van der Waals surface area contributed by atoms with Crippen LogP contribution in [0.2, 0.25) is 0 Å². The molecule has 0 heterocycles. The van der Waals surface area contributed by atoms with Crippen LogP contribution in [0.25, 0.3) is 0 Å². The zero-order valence-corrected chi connectivity index (χ0v) is 7.09. The first-order valence-corrected chi connectivity index (χ1v) is 3.96. The molecule has 0 aromatic heterocycles. The van der Waals surface area contributed by atoms with Crippen molar-refractivity contribution in [1.82, 2.24) is 5.32 Å². The molecule has 1 aromatic rings. The molecule has 4 heteroatoms. The summed E-state index contributed by atoms with van der Waals surface area (Å²) in [7, 11) is 0. The van der Waals surface area contributed by atoms with Crippen LogP contribution in [0.4, 0.5) is 9.18 Å². The molecule has 0 radical (unpaired) electrons. The largest absolute Gasteiger partial charge is 0.352 e. The number of hydrogen-bond acceptors (Lipinski definition) is 1. The lowest BCUT2D eigenvalue weighted by Gasteiger charge is -2.01. The Morgan fingerprint density at radius 3 is 2.54 bits per heavy atom. The highest BCUT2D eigenvalue weighted by Gasteiger charge is 1.94. The molecule has 13 heavy (non-hydrogen) atoms. The summed E-state index contributed by atoms with van der Waals surface area (Å²) < 4.78 is 12.4. The number of halogens is 1. The molecule has 1 aromatic carbocycles. The van der Waals surface area contributed by atoms with Gasteiger partial charge >= 0.3 is 6.03 Å². The Bertz CT molecular complexity index is 284. The van der Waals surface area contributed by atoms with E-state index in [1.54, 1.807) is 12.1 Å². The first kappa shape index (κ1) is 9.51. The standard InChI is InChI=1S/C9H11FN2O/c10-8-3-1-7(2-4-8)5-6-12-9(11)13/h1-4H,5-6H2,(H3,11,12,13). The van der Waals surface area contributed by atoms with Crippen LogP contribution in [-0.4, -0.2) is 12.6 Å². The summed E-state index contributed by atoms with van der Waals surface area (Å²) in [6.07, 6.45) is 0.656. The van der Waals surface area contributed by atoms with Crippen LogP contribution in [0.5, 0.6) is 0 Å². The van der Waals surface area contributed by atoms with E-state index in [1.807, 2.05) is 0 Å². The number of primary amides is 1. The fraction of sp³-hybridized carbons (Fsp3) is 0.222. The van der Waals surface area contributed by atoms with Crippen molar-refractivity contribution in [2.45, 2.75) is 6.42 Å². The summed E-state index contributed by atoms with van der Waals surface area (Å²) in [6.45, 7) is 0.473. The van der Waals surface area contributed by atoms with Crippen LogP contribution in [0, 0.1) is 5.82 Å². The summed E-state index contributed by atoms with van der Waals surface area (Å²) in [5.41, 5.74) is 5.84. The number of carbonyl (C=O) groups excluding carboxylic acids is 1. The number of hydrogen-bond donors (Lipinski definition) is 2. The Morgan fingerprint density at radius 1 is 1.38 bits per heavy atom. The van der Waals surface area contributed by atoms with E-state index in [-0.39, 0.29) is 5.82 Å². The maximum absolute atomic E-state index is 12.4. The fourth-order valence-corrected chi connectivity index (χ4v) is 0.981. The predicted molar refractivity (Wildman–Crippen MR) is 47.7 cm³/mol. The number of benzene rings is 1. The van der Waals surface area contributed by atoms with Crippen molar-refractivity contribution in [3.05, 3.63) is 35.6 Å². The van der Waals surface area contributed by atoms with E-state index >= 15 is 0 Å². The molecule has 3 nitrogen and oxygen atoms in total. The molecule has 70 valence electrons. The Kier molecular flexibility index (Phi) is 3.25. The normalized spacial score (nSPS) is 9.62. The second kappa shape index (κ2) is 4.45. The minimum absolute atomic E-state index is 0.258. The van der Waals surface area contributed by atoms with Gasteiger partial charge < -0.3 is 11.1 Å². The fourth-order valence-electron chi connectivity index (χ4n) is 0.981. The minimum Gasteiger partial charge on any atom is -0.352 e. The number of carbonyl (C=O) groups is 1. The molecule has 0 aliphatic heterocycles. The topological polar surface area (TPSA) is 55.1 Å². The molecule has 2 amide bonds. The monoisotopic (exact) mass is 182 g/mol. The smallest absolute Gasteiger partial charge is 0.312 e. The number of nitrogens with two attached hydrogens (primary N) is 1. The third kappa shape index (κ3) is 3.55. The van der Waals surface area contributed by atoms with Crippen molar-refractivity contribution >= 4 is 6.03 Å². The molecule has 0 saturated carbocycles. The predicted octanol–water partition coefficient (Wildman–Crippen LogP) is 1.04. The van der Waals surface area contributed by atoms with Crippen LogP contribution < -0.4 is 11.1 Å². The van der Waals surface area contributed by atoms with Crippen molar-refractivity contribution in [1.29, 1.82) is 0 Å². The summed E-state index contributed by atoms with van der Waals surface area (Å²) in [6, 6.07) is 5.59. The lowest BCUT2D eigenvalue weighted by Crippen LogP contribution is -2.30. The lowest BCUT2D eigenvalue weighted by molar-refractivity contribution is 0.249. The molecule has 0 spiro atoms. The Morgan fingerprint density at radius 2 is 2.00 bits per heavy atom. The van der Waals surface area contributed by atoms with Gasteiger partial charge in [-0.05, 0) is 24.1 Å². The molecule has 0 bridgehead atoms. The summed E-state index contributed by atoms with van der Waals surface area (Å²) in [5, 5.41) is 2.45. The first-order valence-electron chi connectivity index (χ1n) is 3.96. The third-order valence-electron chi connectivity index (χ3n) is 1.63. The van der Waals surface area contributed by atoms with E-state index in [9.17, 15) is 9.18 Å². The minimum atomic E-state index is -0.540. The van der Waals surface area contributed by atoms with Crippen molar-refractivity contribution in [3.63, 3.8) is 0 Å². The highest BCUT2D eigenvalue weighted by Crippen LogP contribution is 2.02. The first-order chi connectivity index (χ1) is 6.18. The second-order valence-corrected chi connectivity index (χ2v) is 2.67. The Labute approximate surface area is 75.7 Å². The Balaban J connectivity index is 2.37. The molecule has 0 unspecified atom stereocenters. The highest BCUT2D eigenvalue weighted by molar-refractivity contribution is 5.71. The lowest BCUT2D eigenvalue weighted by atomic mass is 10.1. The van der Waals surface area contributed by atoms with Gasteiger partial charge in [0.25, 0.3) is 0 Å². The van der Waals surface area contributed by atoms with E-state index in [2.05, 4.69) is 5.32 Å². The van der Waals surface area contributed by atoms with Crippen LogP contribution in [0.15, 0.2) is 24.3 Å². The van der Waals surface area contributed by atoms with E-state index in [0.717, 1.165) is 5.56 Å².